The minimum Gasteiger partial charge on any atom is -0.316 e. The molecule has 112 valence electrons. The molecule has 0 aromatic carbocycles. The molecule has 2 nitrogen and oxygen atoms in total. The SMILES string of the molecule is CC1CCCC(NCC(C)(C)C2CCCNC2)CC1. The van der Waals surface area contributed by atoms with Crippen molar-refractivity contribution in [3.63, 3.8) is 0 Å². The second-order valence-electron chi connectivity index (χ2n) is 7.72. The summed E-state index contributed by atoms with van der Waals surface area (Å²) < 4.78 is 0. The van der Waals surface area contributed by atoms with E-state index in [-0.39, 0.29) is 0 Å². The predicted molar refractivity (Wildman–Crippen MR) is 83.4 cm³/mol. The van der Waals surface area contributed by atoms with E-state index in [1.54, 1.807) is 0 Å². The van der Waals surface area contributed by atoms with Gasteiger partial charge in [-0.05, 0) is 62.4 Å². The van der Waals surface area contributed by atoms with Crippen LogP contribution in [0.3, 0.4) is 0 Å². The zero-order chi connectivity index (χ0) is 13.7. The van der Waals surface area contributed by atoms with Crippen LogP contribution in [-0.4, -0.2) is 25.7 Å². The van der Waals surface area contributed by atoms with Crippen LogP contribution in [0.15, 0.2) is 0 Å². The second-order valence-corrected chi connectivity index (χ2v) is 7.72. The van der Waals surface area contributed by atoms with Gasteiger partial charge in [-0.25, -0.2) is 0 Å². The lowest BCUT2D eigenvalue weighted by atomic mass is 9.75. The van der Waals surface area contributed by atoms with Crippen LogP contribution in [0.25, 0.3) is 0 Å². The Balaban J connectivity index is 1.76. The fourth-order valence-electron chi connectivity index (χ4n) is 3.76. The lowest BCUT2D eigenvalue weighted by Gasteiger charge is -2.38. The second kappa shape index (κ2) is 7.08. The Morgan fingerprint density at radius 1 is 1.05 bits per heavy atom. The van der Waals surface area contributed by atoms with Crippen LogP contribution in [0.2, 0.25) is 0 Å². The standard InChI is InChI=1S/C17H34N2/c1-14-6-4-8-16(10-9-14)19-13-17(2,3)15-7-5-11-18-12-15/h14-16,18-19H,4-13H2,1-3H3. The Kier molecular flexibility index (Phi) is 5.70. The zero-order valence-electron chi connectivity index (χ0n) is 13.3. The smallest absolute Gasteiger partial charge is 0.00673 e. The molecule has 0 bridgehead atoms. The van der Waals surface area contributed by atoms with Crippen LogP contribution in [0.1, 0.15) is 65.7 Å². The Bertz CT molecular complexity index is 256. The van der Waals surface area contributed by atoms with Crippen LogP contribution in [0.4, 0.5) is 0 Å². The van der Waals surface area contributed by atoms with Crippen molar-refractivity contribution in [2.75, 3.05) is 19.6 Å². The Morgan fingerprint density at radius 2 is 1.89 bits per heavy atom. The molecule has 1 heterocycles. The summed E-state index contributed by atoms with van der Waals surface area (Å²) in [5.41, 5.74) is 0.436. The third kappa shape index (κ3) is 4.75. The molecule has 19 heavy (non-hydrogen) atoms. The highest BCUT2D eigenvalue weighted by Crippen LogP contribution is 2.31. The van der Waals surface area contributed by atoms with E-state index in [1.165, 1.54) is 64.6 Å². The van der Waals surface area contributed by atoms with Gasteiger partial charge in [0.25, 0.3) is 0 Å². The fourth-order valence-corrected chi connectivity index (χ4v) is 3.76. The summed E-state index contributed by atoms with van der Waals surface area (Å²) in [7, 11) is 0. The third-order valence-corrected chi connectivity index (χ3v) is 5.51. The van der Waals surface area contributed by atoms with Crippen molar-refractivity contribution >= 4 is 0 Å². The highest BCUT2D eigenvalue weighted by atomic mass is 14.9. The van der Waals surface area contributed by atoms with E-state index in [0.29, 0.717) is 5.41 Å². The van der Waals surface area contributed by atoms with Gasteiger partial charge in [0, 0.05) is 12.6 Å². The van der Waals surface area contributed by atoms with Gasteiger partial charge in [-0.15, -0.1) is 0 Å². The molecule has 1 aliphatic carbocycles. The van der Waals surface area contributed by atoms with Crippen LogP contribution in [-0.2, 0) is 0 Å². The molecule has 0 radical (unpaired) electrons. The molecule has 0 aromatic rings. The summed E-state index contributed by atoms with van der Waals surface area (Å²) in [5, 5.41) is 7.46. The van der Waals surface area contributed by atoms with Gasteiger partial charge < -0.3 is 10.6 Å². The van der Waals surface area contributed by atoms with Crippen molar-refractivity contribution in [3.05, 3.63) is 0 Å². The number of hydrogen-bond donors (Lipinski definition) is 2. The molecule has 2 aliphatic rings. The average Bonchev–Trinajstić information content (AvgIpc) is 2.62. The summed E-state index contributed by atoms with van der Waals surface area (Å²) in [4.78, 5) is 0. The van der Waals surface area contributed by atoms with Crippen LogP contribution >= 0.6 is 0 Å². The van der Waals surface area contributed by atoms with Crippen molar-refractivity contribution in [2.45, 2.75) is 71.8 Å². The normalized spacial score (nSPS) is 33.9. The van der Waals surface area contributed by atoms with Crippen LogP contribution in [0.5, 0.6) is 0 Å². The molecule has 3 unspecified atom stereocenters. The maximum Gasteiger partial charge on any atom is 0.00673 e. The van der Waals surface area contributed by atoms with Gasteiger partial charge in [0.1, 0.15) is 0 Å². The lowest BCUT2D eigenvalue weighted by Crippen LogP contribution is -2.45. The van der Waals surface area contributed by atoms with E-state index < -0.39 is 0 Å². The summed E-state index contributed by atoms with van der Waals surface area (Å²) in [6.07, 6.45) is 9.82. The van der Waals surface area contributed by atoms with Gasteiger partial charge >= 0.3 is 0 Å². The third-order valence-electron chi connectivity index (χ3n) is 5.51. The van der Waals surface area contributed by atoms with Gasteiger partial charge in [0.05, 0.1) is 0 Å². The molecule has 0 aromatic heterocycles. The number of nitrogens with one attached hydrogen (secondary N) is 2. The predicted octanol–water partition coefficient (Wildman–Crippen LogP) is 3.57. The van der Waals surface area contributed by atoms with E-state index in [9.17, 15) is 0 Å². The zero-order valence-corrected chi connectivity index (χ0v) is 13.3. The van der Waals surface area contributed by atoms with Gasteiger partial charge in [-0.3, -0.25) is 0 Å². The van der Waals surface area contributed by atoms with Crippen molar-refractivity contribution in [3.8, 4) is 0 Å². The van der Waals surface area contributed by atoms with Crippen LogP contribution in [0, 0.1) is 17.3 Å². The largest absolute Gasteiger partial charge is 0.316 e. The molecular weight excluding hydrogens is 232 g/mol. The Morgan fingerprint density at radius 3 is 2.63 bits per heavy atom. The maximum absolute atomic E-state index is 3.89. The fraction of sp³-hybridized carbons (Fsp3) is 1.00. The molecule has 2 N–H and O–H groups in total. The van der Waals surface area contributed by atoms with Crippen molar-refractivity contribution in [2.24, 2.45) is 17.3 Å². The van der Waals surface area contributed by atoms with E-state index in [0.717, 1.165) is 17.9 Å². The monoisotopic (exact) mass is 266 g/mol. The highest BCUT2D eigenvalue weighted by Gasteiger charge is 2.31. The van der Waals surface area contributed by atoms with Gasteiger partial charge in [-0.1, -0.05) is 33.6 Å². The Labute approximate surface area is 120 Å². The first kappa shape index (κ1) is 15.3. The number of hydrogen-bond acceptors (Lipinski definition) is 2. The molecule has 0 amide bonds. The molecule has 2 heteroatoms. The summed E-state index contributed by atoms with van der Waals surface area (Å²) in [6.45, 7) is 11.0. The van der Waals surface area contributed by atoms with Gasteiger partial charge in [0.15, 0.2) is 0 Å². The van der Waals surface area contributed by atoms with Crippen molar-refractivity contribution < 1.29 is 0 Å². The van der Waals surface area contributed by atoms with Crippen molar-refractivity contribution in [1.29, 1.82) is 0 Å². The molecule has 3 atom stereocenters. The molecule has 0 spiro atoms. The van der Waals surface area contributed by atoms with Gasteiger partial charge in [0.2, 0.25) is 0 Å². The first-order chi connectivity index (χ1) is 9.08. The first-order valence-corrected chi connectivity index (χ1v) is 8.52. The molecule has 2 rings (SSSR count). The minimum absolute atomic E-state index is 0.436. The summed E-state index contributed by atoms with van der Waals surface area (Å²) in [6, 6.07) is 0.778. The lowest BCUT2D eigenvalue weighted by molar-refractivity contribution is 0.159. The first-order valence-electron chi connectivity index (χ1n) is 8.52. The molecule has 1 saturated heterocycles. The van der Waals surface area contributed by atoms with Crippen LogP contribution < -0.4 is 10.6 Å². The molecule has 1 saturated carbocycles. The van der Waals surface area contributed by atoms with E-state index in [1.807, 2.05) is 0 Å². The van der Waals surface area contributed by atoms with E-state index >= 15 is 0 Å². The van der Waals surface area contributed by atoms with Gasteiger partial charge in [-0.2, -0.15) is 0 Å². The van der Waals surface area contributed by atoms with E-state index in [4.69, 9.17) is 0 Å². The average molecular weight is 266 g/mol. The summed E-state index contributed by atoms with van der Waals surface area (Å²) in [5.74, 6) is 1.79. The Hall–Kier alpha value is -0.0800. The topological polar surface area (TPSA) is 24.1 Å². The summed E-state index contributed by atoms with van der Waals surface area (Å²) >= 11 is 0. The highest BCUT2D eigenvalue weighted by molar-refractivity contribution is 4.86. The molecule has 1 aliphatic heterocycles. The molecule has 2 fully saturated rings. The molecular formula is C17H34N2. The minimum atomic E-state index is 0.436. The maximum atomic E-state index is 3.89. The number of rotatable bonds is 4. The van der Waals surface area contributed by atoms with Crippen molar-refractivity contribution in [1.82, 2.24) is 10.6 Å². The quantitative estimate of drug-likeness (QED) is 0.760. The van der Waals surface area contributed by atoms with E-state index in [2.05, 4.69) is 31.4 Å². The number of piperidine rings is 1.